The molecule has 0 saturated heterocycles. The zero-order valence-electron chi connectivity index (χ0n) is 10.9. The van der Waals surface area contributed by atoms with E-state index < -0.39 is 0 Å². The highest BCUT2D eigenvalue weighted by atomic mass is 16.5. The fourth-order valence-corrected chi connectivity index (χ4v) is 1.71. The second kappa shape index (κ2) is 5.93. The van der Waals surface area contributed by atoms with Crippen molar-refractivity contribution in [2.45, 2.75) is 6.92 Å². The van der Waals surface area contributed by atoms with Gasteiger partial charge in [-0.3, -0.25) is 10.6 Å². The van der Waals surface area contributed by atoms with E-state index in [0.717, 1.165) is 5.69 Å². The topological polar surface area (TPSA) is 124 Å². The van der Waals surface area contributed by atoms with Crippen LogP contribution in [0, 0.1) is 5.41 Å². The van der Waals surface area contributed by atoms with E-state index in [-0.39, 0.29) is 17.6 Å². The number of nitrogen functional groups attached to an aromatic ring is 1. The molecule has 0 spiro atoms. The second-order valence-corrected chi connectivity index (χ2v) is 3.88. The Bertz CT molecular complexity index is 602. The minimum Gasteiger partial charge on any atom is -0.368 e. The molecule has 20 heavy (non-hydrogen) atoms. The molecule has 1 aromatic carbocycles. The maximum absolute atomic E-state index is 8.75. The first kappa shape index (κ1) is 13.7. The zero-order chi connectivity index (χ0) is 14.5. The van der Waals surface area contributed by atoms with E-state index in [1.165, 1.54) is 0 Å². The van der Waals surface area contributed by atoms with Gasteiger partial charge in [0.1, 0.15) is 0 Å². The van der Waals surface area contributed by atoms with E-state index in [0.29, 0.717) is 12.5 Å². The van der Waals surface area contributed by atoms with E-state index in [2.05, 4.69) is 15.0 Å². The normalized spacial score (nSPS) is 10.1. The predicted octanol–water partition coefficient (Wildman–Crippen LogP) is 0.916. The van der Waals surface area contributed by atoms with Crippen LogP contribution in [-0.4, -0.2) is 32.5 Å². The van der Waals surface area contributed by atoms with Gasteiger partial charge in [-0.05, 0) is 19.1 Å². The molecule has 8 nitrogen and oxygen atoms in total. The summed E-state index contributed by atoms with van der Waals surface area (Å²) in [6, 6.07) is 9.55. The standard InChI is InChI=1S/C12H15N7O/c1-2-19(8-6-4-3-5-7-8)12-16-10(9(13)18-20)15-11(14)17-12/h3-7,20H,2H2,1H3,(H2,13,18)(H2,14,15,16,17). The molecular weight excluding hydrogens is 258 g/mol. The van der Waals surface area contributed by atoms with E-state index in [1.54, 1.807) is 5.48 Å². The fraction of sp³-hybridized carbons (Fsp3) is 0.167. The van der Waals surface area contributed by atoms with Crippen molar-refractivity contribution in [1.29, 1.82) is 5.41 Å². The molecular formula is C12H15N7O. The molecule has 5 N–H and O–H groups in total. The maximum atomic E-state index is 8.75. The Balaban J connectivity index is 2.45. The molecule has 104 valence electrons. The van der Waals surface area contributed by atoms with E-state index in [4.69, 9.17) is 16.4 Å². The summed E-state index contributed by atoms with van der Waals surface area (Å²) in [5.41, 5.74) is 8.21. The first-order valence-electron chi connectivity index (χ1n) is 5.99. The van der Waals surface area contributed by atoms with Crippen molar-refractivity contribution >= 4 is 23.4 Å². The smallest absolute Gasteiger partial charge is 0.235 e. The molecule has 2 rings (SSSR count). The van der Waals surface area contributed by atoms with Gasteiger partial charge in [-0.25, -0.2) is 5.48 Å². The number of nitrogens with zero attached hydrogens (tertiary/aromatic N) is 4. The highest BCUT2D eigenvalue weighted by Crippen LogP contribution is 2.21. The van der Waals surface area contributed by atoms with Gasteiger partial charge in [-0.15, -0.1) is 0 Å². The summed E-state index contributed by atoms with van der Waals surface area (Å²) >= 11 is 0. The van der Waals surface area contributed by atoms with Crippen molar-refractivity contribution in [3.63, 3.8) is 0 Å². The summed E-state index contributed by atoms with van der Waals surface area (Å²) in [4.78, 5) is 13.8. The number of para-hydroxylation sites is 1. The third-order valence-corrected chi connectivity index (χ3v) is 2.60. The lowest BCUT2D eigenvalue weighted by molar-refractivity contribution is 0.233. The second-order valence-electron chi connectivity index (χ2n) is 3.88. The average molecular weight is 273 g/mol. The molecule has 0 atom stereocenters. The molecule has 1 heterocycles. The molecule has 0 bridgehead atoms. The Kier molecular flexibility index (Phi) is 4.06. The lowest BCUT2D eigenvalue weighted by Gasteiger charge is -2.21. The van der Waals surface area contributed by atoms with Gasteiger partial charge in [0.05, 0.1) is 0 Å². The number of nitrogens with two attached hydrogens (primary N) is 1. The van der Waals surface area contributed by atoms with Gasteiger partial charge < -0.3 is 10.6 Å². The van der Waals surface area contributed by atoms with Crippen LogP contribution in [0.2, 0.25) is 0 Å². The monoisotopic (exact) mass is 273 g/mol. The average Bonchev–Trinajstić information content (AvgIpc) is 2.48. The number of benzene rings is 1. The molecule has 2 aromatic rings. The Morgan fingerprint density at radius 2 is 2.00 bits per heavy atom. The molecule has 0 fully saturated rings. The Morgan fingerprint density at radius 1 is 1.30 bits per heavy atom. The highest BCUT2D eigenvalue weighted by molar-refractivity contribution is 5.92. The number of hydrogen-bond donors (Lipinski definition) is 4. The molecule has 0 aliphatic rings. The summed E-state index contributed by atoms with van der Waals surface area (Å²) in [6.07, 6.45) is 0. The van der Waals surface area contributed by atoms with Crippen molar-refractivity contribution in [3.05, 3.63) is 36.2 Å². The van der Waals surface area contributed by atoms with Crippen LogP contribution in [0.3, 0.4) is 0 Å². The zero-order valence-corrected chi connectivity index (χ0v) is 10.9. The summed E-state index contributed by atoms with van der Waals surface area (Å²) in [7, 11) is 0. The molecule has 0 aliphatic carbocycles. The van der Waals surface area contributed by atoms with Gasteiger partial charge in [0.2, 0.25) is 17.7 Å². The van der Waals surface area contributed by atoms with E-state index >= 15 is 0 Å². The lowest BCUT2D eigenvalue weighted by atomic mass is 10.3. The van der Waals surface area contributed by atoms with Crippen LogP contribution >= 0.6 is 0 Å². The molecule has 0 amide bonds. The van der Waals surface area contributed by atoms with Crippen molar-refractivity contribution in [1.82, 2.24) is 20.4 Å². The molecule has 8 heteroatoms. The summed E-state index contributed by atoms with van der Waals surface area (Å²) in [5.74, 6) is -0.0607. The third kappa shape index (κ3) is 2.81. The van der Waals surface area contributed by atoms with Crippen LogP contribution in [0.4, 0.5) is 17.6 Å². The number of hydroxylamine groups is 1. The summed E-state index contributed by atoms with van der Waals surface area (Å²) in [5, 5.41) is 16.2. The maximum Gasteiger partial charge on any atom is 0.235 e. The number of hydrogen-bond acceptors (Lipinski definition) is 7. The molecule has 0 aliphatic heterocycles. The highest BCUT2D eigenvalue weighted by Gasteiger charge is 2.14. The predicted molar refractivity (Wildman–Crippen MR) is 75.1 cm³/mol. The van der Waals surface area contributed by atoms with Crippen LogP contribution in [0.5, 0.6) is 0 Å². The summed E-state index contributed by atoms with van der Waals surface area (Å²) in [6.45, 7) is 2.56. The number of amidine groups is 1. The first-order valence-corrected chi connectivity index (χ1v) is 5.99. The minimum absolute atomic E-state index is 0.0145. The van der Waals surface area contributed by atoms with Gasteiger partial charge in [-0.2, -0.15) is 15.0 Å². The van der Waals surface area contributed by atoms with Crippen molar-refractivity contribution < 1.29 is 5.21 Å². The lowest BCUT2D eigenvalue weighted by Crippen LogP contribution is -2.26. The van der Waals surface area contributed by atoms with Crippen LogP contribution in [0.1, 0.15) is 12.7 Å². The number of aromatic nitrogens is 3. The van der Waals surface area contributed by atoms with Gasteiger partial charge in [0.15, 0.2) is 5.84 Å². The SMILES string of the molecule is CCN(c1ccccc1)c1nc(N)nc(C(=N)NO)n1. The molecule has 0 saturated carbocycles. The molecule has 0 radical (unpaired) electrons. The number of rotatable bonds is 4. The first-order chi connectivity index (χ1) is 9.65. The van der Waals surface area contributed by atoms with Crippen molar-refractivity contribution in [3.8, 4) is 0 Å². The van der Waals surface area contributed by atoms with E-state index in [1.807, 2.05) is 42.2 Å². The Morgan fingerprint density at radius 3 is 2.60 bits per heavy atom. The van der Waals surface area contributed by atoms with Gasteiger partial charge in [0.25, 0.3) is 0 Å². The summed E-state index contributed by atoms with van der Waals surface area (Å²) < 4.78 is 0. The van der Waals surface area contributed by atoms with Gasteiger partial charge in [-0.1, -0.05) is 18.2 Å². The van der Waals surface area contributed by atoms with Crippen LogP contribution < -0.4 is 16.1 Å². The third-order valence-electron chi connectivity index (χ3n) is 2.60. The van der Waals surface area contributed by atoms with Crippen molar-refractivity contribution in [2.75, 3.05) is 17.2 Å². The van der Waals surface area contributed by atoms with Gasteiger partial charge >= 0.3 is 0 Å². The van der Waals surface area contributed by atoms with Crippen molar-refractivity contribution in [2.24, 2.45) is 0 Å². The number of nitrogens with one attached hydrogen (secondary N) is 2. The number of anilines is 3. The van der Waals surface area contributed by atoms with Crippen LogP contribution in [0.15, 0.2) is 30.3 Å². The van der Waals surface area contributed by atoms with Gasteiger partial charge in [0, 0.05) is 12.2 Å². The van der Waals surface area contributed by atoms with E-state index in [9.17, 15) is 0 Å². The molecule has 1 aromatic heterocycles. The largest absolute Gasteiger partial charge is 0.368 e. The Labute approximate surface area is 115 Å². The quantitative estimate of drug-likeness (QED) is 0.371. The van der Waals surface area contributed by atoms with Crippen LogP contribution in [0.25, 0.3) is 0 Å². The Hall–Kier alpha value is -2.74. The minimum atomic E-state index is -0.343. The fourth-order valence-electron chi connectivity index (χ4n) is 1.71. The molecule has 0 unspecified atom stereocenters. The van der Waals surface area contributed by atoms with Crippen LogP contribution in [-0.2, 0) is 0 Å².